The summed E-state index contributed by atoms with van der Waals surface area (Å²) >= 11 is 1.56. The van der Waals surface area contributed by atoms with Crippen LogP contribution in [0.2, 0.25) is 0 Å². The van der Waals surface area contributed by atoms with Crippen molar-refractivity contribution in [3.8, 4) is 11.8 Å². The van der Waals surface area contributed by atoms with Crippen LogP contribution in [0.3, 0.4) is 0 Å². The second-order valence-corrected chi connectivity index (χ2v) is 2.11. The van der Waals surface area contributed by atoms with Crippen LogP contribution in [0.15, 0.2) is 11.6 Å². The van der Waals surface area contributed by atoms with E-state index in [1.54, 1.807) is 24.5 Å². The van der Waals surface area contributed by atoms with Crippen molar-refractivity contribution >= 4 is 11.3 Å². The fraction of sp³-hybridized carbons (Fsp3) is 0.500. The largest absolute Gasteiger partial charge is 0.236 e. The molecule has 0 aliphatic heterocycles. The van der Waals surface area contributed by atoms with Crippen LogP contribution in [0.4, 0.5) is 0 Å². The molecule has 2 heteroatoms. The standard InChI is InChI=1S/C6H5NS.2C2H6/c1-2-3-6-7-4-5-8-6;2*1-2/h4-5H,1H3;2*1-2H3. The first-order chi connectivity index (χ1) is 5.93. The summed E-state index contributed by atoms with van der Waals surface area (Å²) in [6, 6.07) is 0. The molecule has 0 saturated carbocycles. The molecule has 1 aromatic rings. The van der Waals surface area contributed by atoms with Gasteiger partial charge in [0, 0.05) is 11.6 Å². The molecule has 0 aliphatic carbocycles. The molecule has 0 aromatic carbocycles. The first-order valence-corrected chi connectivity index (χ1v) is 5.13. The van der Waals surface area contributed by atoms with Crippen molar-refractivity contribution in [3.63, 3.8) is 0 Å². The Morgan fingerprint density at radius 2 is 1.83 bits per heavy atom. The molecule has 0 atom stereocenters. The minimum Gasteiger partial charge on any atom is -0.236 e. The average molecular weight is 183 g/mol. The minimum atomic E-state index is 0.896. The van der Waals surface area contributed by atoms with Crippen LogP contribution in [0.5, 0.6) is 0 Å². The van der Waals surface area contributed by atoms with Gasteiger partial charge in [0.05, 0.1) is 0 Å². The van der Waals surface area contributed by atoms with Crippen LogP contribution in [-0.2, 0) is 0 Å². The first-order valence-electron chi connectivity index (χ1n) is 4.25. The maximum atomic E-state index is 3.95. The summed E-state index contributed by atoms with van der Waals surface area (Å²) in [6.07, 6.45) is 1.75. The van der Waals surface area contributed by atoms with E-state index in [0.29, 0.717) is 0 Å². The van der Waals surface area contributed by atoms with Gasteiger partial charge in [0.1, 0.15) is 0 Å². The van der Waals surface area contributed by atoms with Gasteiger partial charge in [0.15, 0.2) is 5.01 Å². The van der Waals surface area contributed by atoms with Gasteiger partial charge in [-0.15, -0.1) is 11.3 Å². The molecule has 1 heterocycles. The van der Waals surface area contributed by atoms with E-state index in [0.717, 1.165) is 5.01 Å². The van der Waals surface area contributed by atoms with Gasteiger partial charge < -0.3 is 0 Å². The van der Waals surface area contributed by atoms with Crippen LogP contribution < -0.4 is 0 Å². The summed E-state index contributed by atoms with van der Waals surface area (Å²) in [5, 5.41) is 2.81. The average Bonchev–Trinajstić information content (AvgIpc) is 2.65. The fourth-order valence-electron chi connectivity index (χ4n) is 0.392. The van der Waals surface area contributed by atoms with E-state index >= 15 is 0 Å². The summed E-state index contributed by atoms with van der Waals surface area (Å²) in [4.78, 5) is 3.95. The van der Waals surface area contributed by atoms with Crippen LogP contribution in [0.25, 0.3) is 0 Å². The SMILES string of the molecule is CC.CC.CC#Cc1nccs1. The van der Waals surface area contributed by atoms with E-state index in [1.165, 1.54) is 0 Å². The lowest BCUT2D eigenvalue weighted by Crippen LogP contribution is -1.63. The second kappa shape index (κ2) is 12.8. The van der Waals surface area contributed by atoms with E-state index < -0.39 is 0 Å². The van der Waals surface area contributed by atoms with Gasteiger partial charge in [-0.05, 0) is 12.8 Å². The van der Waals surface area contributed by atoms with E-state index in [4.69, 9.17) is 0 Å². The Balaban J connectivity index is 0. The zero-order valence-electron chi connectivity index (χ0n) is 8.51. The van der Waals surface area contributed by atoms with Crippen molar-refractivity contribution < 1.29 is 0 Å². The molecular formula is C10H17NS. The Morgan fingerprint density at radius 1 is 1.25 bits per heavy atom. The van der Waals surface area contributed by atoms with E-state index in [2.05, 4.69) is 16.8 Å². The molecule has 0 unspecified atom stereocenters. The molecule has 68 valence electrons. The Hall–Kier alpha value is -0.810. The highest BCUT2D eigenvalue weighted by Crippen LogP contribution is 1.99. The predicted octanol–water partition coefficient (Wildman–Crippen LogP) is 3.57. The Kier molecular flexibility index (Phi) is 14.7. The van der Waals surface area contributed by atoms with Crippen molar-refractivity contribution in [2.75, 3.05) is 0 Å². The molecule has 0 saturated heterocycles. The third-order valence-electron chi connectivity index (χ3n) is 0.664. The molecular weight excluding hydrogens is 166 g/mol. The van der Waals surface area contributed by atoms with Crippen LogP contribution in [0.1, 0.15) is 39.6 Å². The second-order valence-electron chi connectivity index (χ2n) is 1.21. The molecule has 0 amide bonds. The number of thiazole rings is 1. The van der Waals surface area contributed by atoms with Crippen LogP contribution in [0, 0.1) is 11.8 Å². The molecule has 0 bridgehead atoms. The Labute approximate surface area is 79.9 Å². The van der Waals surface area contributed by atoms with E-state index in [9.17, 15) is 0 Å². The first kappa shape index (κ1) is 13.8. The van der Waals surface area contributed by atoms with Crippen molar-refractivity contribution in [3.05, 3.63) is 16.6 Å². The smallest absolute Gasteiger partial charge is 0.166 e. The van der Waals surface area contributed by atoms with E-state index in [-0.39, 0.29) is 0 Å². The Bertz CT molecular complexity index is 203. The van der Waals surface area contributed by atoms with Crippen molar-refractivity contribution in [1.82, 2.24) is 4.98 Å². The maximum Gasteiger partial charge on any atom is 0.166 e. The van der Waals surface area contributed by atoms with Crippen molar-refractivity contribution in [2.24, 2.45) is 0 Å². The predicted molar refractivity (Wildman–Crippen MR) is 57.4 cm³/mol. The third-order valence-corrected chi connectivity index (χ3v) is 1.35. The molecule has 0 N–H and O–H groups in total. The highest BCUT2D eigenvalue weighted by molar-refractivity contribution is 7.10. The fourth-order valence-corrected chi connectivity index (χ4v) is 0.925. The summed E-state index contributed by atoms with van der Waals surface area (Å²) in [5.41, 5.74) is 0. The van der Waals surface area contributed by atoms with Gasteiger partial charge in [0.2, 0.25) is 0 Å². The number of hydrogen-bond acceptors (Lipinski definition) is 2. The topological polar surface area (TPSA) is 12.9 Å². The Morgan fingerprint density at radius 3 is 2.17 bits per heavy atom. The minimum absolute atomic E-state index is 0.896. The molecule has 0 spiro atoms. The normalized spacial score (nSPS) is 6.08. The van der Waals surface area contributed by atoms with Gasteiger partial charge in [-0.3, -0.25) is 0 Å². The molecule has 1 rings (SSSR count). The highest BCUT2D eigenvalue weighted by atomic mass is 32.1. The number of hydrogen-bond donors (Lipinski definition) is 0. The van der Waals surface area contributed by atoms with Crippen LogP contribution >= 0.6 is 11.3 Å². The van der Waals surface area contributed by atoms with Gasteiger partial charge in [-0.1, -0.05) is 33.6 Å². The molecule has 12 heavy (non-hydrogen) atoms. The van der Waals surface area contributed by atoms with Crippen molar-refractivity contribution in [2.45, 2.75) is 34.6 Å². The van der Waals surface area contributed by atoms with Gasteiger partial charge in [-0.2, -0.15) is 0 Å². The lowest BCUT2D eigenvalue weighted by molar-refractivity contribution is 1.39. The zero-order chi connectivity index (χ0) is 9.82. The quantitative estimate of drug-likeness (QED) is 0.560. The molecule has 0 fully saturated rings. The lowest BCUT2D eigenvalue weighted by Gasteiger charge is -1.68. The number of nitrogens with zero attached hydrogens (tertiary/aromatic N) is 1. The summed E-state index contributed by atoms with van der Waals surface area (Å²) < 4.78 is 0. The number of rotatable bonds is 0. The molecule has 0 aliphatic rings. The van der Waals surface area contributed by atoms with Crippen molar-refractivity contribution in [1.29, 1.82) is 0 Å². The monoisotopic (exact) mass is 183 g/mol. The molecule has 0 radical (unpaired) electrons. The van der Waals surface area contributed by atoms with Gasteiger partial charge >= 0.3 is 0 Å². The summed E-state index contributed by atoms with van der Waals surface area (Å²) in [7, 11) is 0. The lowest BCUT2D eigenvalue weighted by atomic mass is 10.6. The zero-order valence-corrected chi connectivity index (χ0v) is 9.33. The van der Waals surface area contributed by atoms with Gasteiger partial charge in [-0.25, -0.2) is 4.98 Å². The number of aromatic nitrogens is 1. The van der Waals surface area contributed by atoms with E-state index in [1.807, 2.05) is 33.1 Å². The van der Waals surface area contributed by atoms with Gasteiger partial charge in [0.25, 0.3) is 0 Å². The van der Waals surface area contributed by atoms with Crippen LogP contribution in [-0.4, -0.2) is 4.98 Å². The summed E-state index contributed by atoms with van der Waals surface area (Å²) in [5.74, 6) is 5.61. The third kappa shape index (κ3) is 7.30. The summed E-state index contributed by atoms with van der Waals surface area (Å²) in [6.45, 7) is 9.81. The maximum absolute atomic E-state index is 3.95. The molecule has 1 nitrogen and oxygen atoms in total. The highest BCUT2D eigenvalue weighted by Gasteiger charge is 1.82. The molecule has 1 aromatic heterocycles.